The quantitative estimate of drug-likeness (QED) is 0.819. The molecule has 3 heteroatoms. The summed E-state index contributed by atoms with van der Waals surface area (Å²) in [7, 11) is 2.22. The zero-order valence-electron chi connectivity index (χ0n) is 12.3. The Morgan fingerprint density at radius 2 is 2.11 bits per heavy atom. The summed E-state index contributed by atoms with van der Waals surface area (Å²) in [6.45, 7) is 5.78. The van der Waals surface area contributed by atoms with Gasteiger partial charge in [-0.1, -0.05) is 6.42 Å². The fourth-order valence-corrected chi connectivity index (χ4v) is 3.53. The van der Waals surface area contributed by atoms with Crippen molar-refractivity contribution in [2.75, 3.05) is 13.1 Å². The van der Waals surface area contributed by atoms with Gasteiger partial charge < -0.3 is 4.57 Å². The molecule has 2 atom stereocenters. The van der Waals surface area contributed by atoms with E-state index in [0.29, 0.717) is 6.04 Å². The van der Waals surface area contributed by atoms with E-state index in [1.165, 1.54) is 50.0 Å². The lowest BCUT2D eigenvalue weighted by atomic mass is 10.0. The molecule has 2 aliphatic rings. The molecule has 0 bridgehead atoms. The highest BCUT2D eigenvalue weighted by Gasteiger charge is 2.23. The van der Waals surface area contributed by atoms with Crippen LogP contribution in [0.15, 0.2) is 12.1 Å². The minimum Gasteiger partial charge on any atom is -0.349 e. The Balaban J connectivity index is 1.70. The van der Waals surface area contributed by atoms with Crippen molar-refractivity contribution >= 4 is 0 Å². The Bertz CT molecular complexity index is 418. The van der Waals surface area contributed by atoms with E-state index in [9.17, 15) is 0 Å². The normalized spacial score (nSPS) is 28.9. The van der Waals surface area contributed by atoms with Gasteiger partial charge in [0.05, 0.1) is 6.04 Å². The molecular formula is C16H26N3. The van der Waals surface area contributed by atoms with Crippen LogP contribution in [-0.4, -0.2) is 28.6 Å². The van der Waals surface area contributed by atoms with Gasteiger partial charge in [0.2, 0.25) is 0 Å². The average molecular weight is 260 g/mol. The summed E-state index contributed by atoms with van der Waals surface area (Å²) in [4.78, 5) is 2.63. The van der Waals surface area contributed by atoms with Gasteiger partial charge in [0.25, 0.3) is 0 Å². The van der Waals surface area contributed by atoms with Crippen molar-refractivity contribution in [1.29, 1.82) is 0 Å². The summed E-state index contributed by atoms with van der Waals surface area (Å²) >= 11 is 0. The van der Waals surface area contributed by atoms with Gasteiger partial charge in [-0.15, -0.1) is 0 Å². The third-order valence-electron chi connectivity index (χ3n) is 4.90. The van der Waals surface area contributed by atoms with Gasteiger partial charge in [0.1, 0.15) is 0 Å². The predicted octanol–water partition coefficient (Wildman–Crippen LogP) is 2.84. The molecule has 2 unspecified atom stereocenters. The highest BCUT2D eigenvalue weighted by atomic mass is 15.2. The Labute approximate surface area is 117 Å². The molecule has 2 saturated heterocycles. The predicted molar refractivity (Wildman–Crippen MR) is 78.1 cm³/mol. The van der Waals surface area contributed by atoms with Crippen LogP contribution in [0.3, 0.4) is 0 Å². The summed E-state index contributed by atoms with van der Waals surface area (Å²) < 4.78 is 2.39. The summed E-state index contributed by atoms with van der Waals surface area (Å²) in [6, 6.07) is 5.80. The van der Waals surface area contributed by atoms with E-state index in [4.69, 9.17) is 5.32 Å². The smallest absolute Gasteiger partial charge is 0.0648 e. The second kappa shape index (κ2) is 5.68. The van der Waals surface area contributed by atoms with Gasteiger partial charge in [-0.05, 0) is 51.3 Å². The Morgan fingerprint density at radius 1 is 1.21 bits per heavy atom. The topological polar surface area (TPSA) is 22.3 Å². The Hall–Kier alpha value is -0.800. The summed E-state index contributed by atoms with van der Waals surface area (Å²) in [6.07, 6.45) is 6.61. The van der Waals surface area contributed by atoms with Gasteiger partial charge in [0, 0.05) is 37.6 Å². The van der Waals surface area contributed by atoms with Crippen LogP contribution >= 0.6 is 0 Å². The molecule has 3 nitrogen and oxygen atoms in total. The van der Waals surface area contributed by atoms with E-state index in [0.717, 1.165) is 19.1 Å². The van der Waals surface area contributed by atoms with Gasteiger partial charge >= 0.3 is 0 Å². The monoisotopic (exact) mass is 260 g/mol. The van der Waals surface area contributed by atoms with E-state index < -0.39 is 0 Å². The van der Waals surface area contributed by atoms with Crippen LogP contribution in [0.4, 0.5) is 0 Å². The first-order valence-corrected chi connectivity index (χ1v) is 7.81. The van der Waals surface area contributed by atoms with Crippen LogP contribution in [0.25, 0.3) is 0 Å². The lowest BCUT2D eigenvalue weighted by Gasteiger charge is -2.33. The maximum absolute atomic E-state index is 4.71. The van der Waals surface area contributed by atoms with Crippen molar-refractivity contribution in [3.05, 3.63) is 23.5 Å². The molecule has 19 heavy (non-hydrogen) atoms. The third kappa shape index (κ3) is 2.72. The highest BCUT2D eigenvalue weighted by Crippen LogP contribution is 2.27. The van der Waals surface area contributed by atoms with Gasteiger partial charge in [-0.3, -0.25) is 4.90 Å². The van der Waals surface area contributed by atoms with Gasteiger partial charge in [-0.25, -0.2) is 5.32 Å². The van der Waals surface area contributed by atoms with Crippen LogP contribution < -0.4 is 5.32 Å². The molecule has 1 radical (unpaired) electrons. The minimum atomic E-state index is 0.456. The molecule has 2 fully saturated rings. The number of piperidine rings is 1. The lowest BCUT2D eigenvalue weighted by Crippen LogP contribution is -2.37. The summed E-state index contributed by atoms with van der Waals surface area (Å²) in [5.74, 6) is 0. The lowest BCUT2D eigenvalue weighted by molar-refractivity contribution is 0.149. The van der Waals surface area contributed by atoms with Crippen LogP contribution in [-0.2, 0) is 13.6 Å². The highest BCUT2D eigenvalue weighted by molar-refractivity contribution is 5.20. The van der Waals surface area contributed by atoms with Crippen LogP contribution in [0.2, 0.25) is 0 Å². The number of nitrogens with zero attached hydrogens (tertiary/aromatic N) is 3. The number of hydrogen-bond acceptors (Lipinski definition) is 1. The molecule has 105 valence electrons. The fraction of sp³-hybridized carbons (Fsp3) is 0.750. The molecule has 0 amide bonds. The Kier molecular flexibility index (Phi) is 3.94. The summed E-state index contributed by atoms with van der Waals surface area (Å²) in [5.41, 5.74) is 2.86. The zero-order chi connectivity index (χ0) is 13.2. The SMILES string of the molecule is CC1CCCCN1Cc1ccc(C2CCC[N]2)n1C. The van der Waals surface area contributed by atoms with Crippen molar-refractivity contribution < 1.29 is 0 Å². The second-order valence-electron chi connectivity index (χ2n) is 6.19. The van der Waals surface area contributed by atoms with Gasteiger partial charge in [-0.2, -0.15) is 0 Å². The molecule has 1 aromatic heterocycles. The molecule has 0 aromatic carbocycles. The first-order valence-electron chi connectivity index (χ1n) is 7.81. The summed E-state index contributed by atoms with van der Waals surface area (Å²) in [5, 5.41) is 4.71. The van der Waals surface area contributed by atoms with Crippen LogP contribution in [0.1, 0.15) is 56.5 Å². The minimum absolute atomic E-state index is 0.456. The first kappa shape index (κ1) is 13.2. The molecule has 0 aliphatic carbocycles. The van der Waals surface area contributed by atoms with Crippen LogP contribution in [0.5, 0.6) is 0 Å². The number of hydrogen-bond donors (Lipinski definition) is 0. The van der Waals surface area contributed by atoms with E-state index in [1.54, 1.807) is 0 Å². The Morgan fingerprint density at radius 3 is 2.84 bits per heavy atom. The number of aromatic nitrogens is 1. The van der Waals surface area contributed by atoms with E-state index in [-0.39, 0.29) is 0 Å². The van der Waals surface area contributed by atoms with Crippen molar-refractivity contribution in [1.82, 2.24) is 14.8 Å². The first-order chi connectivity index (χ1) is 9.25. The van der Waals surface area contributed by atoms with E-state index in [1.807, 2.05) is 0 Å². The van der Waals surface area contributed by atoms with Gasteiger partial charge in [0.15, 0.2) is 0 Å². The molecule has 0 spiro atoms. The average Bonchev–Trinajstić information content (AvgIpc) is 3.03. The number of likely N-dealkylation sites (tertiary alicyclic amines) is 1. The standard InChI is InChI=1S/C16H26N3/c1-13-6-3-4-11-19(13)12-14-8-9-16(18(14)2)15-7-5-10-17-15/h8-9,13,15H,3-7,10-12H2,1-2H3. The second-order valence-corrected chi connectivity index (χ2v) is 6.19. The molecule has 3 heterocycles. The van der Waals surface area contributed by atoms with E-state index >= 15 is 0 Å². The maximum Gasteiger partial charge on any atom is 0.0648 e. The fourth-order valence-electron chi connectivity index (χ4n) is 3.53. The molecule has 2 aliphatic heterocycles. The molecule has 0 saturated carbocycles. The van der Waals surface area contributed by atoms with E-state index in [2.05, 4.69) is 35.6 Å². The third-order valence-corrected chi connectivity index (χ3v) is 4.90. The maximum atomic E-state index is 4.71. The van der Waals surface area contributed by atoms with Crippen molar-refractivity contribution in [3.8, 4) is 0 Å². The van der Waals surface area contributed by atoms with Crippen molar-refractivity contribution in [3.63, 3.8) is 0 Å². The molecule has 0 N–H and O–H groups in total. The largest absolute Gasteiger partial charge is 0.349 e. The number of rotatable bonds is 3. The zero-order valence-corrected chi connectivity index (χ0v) is 12.3. The van der Waals surface area contributed by atoms with Crippen molar-refractivity contribution in [2.24, 2.45) is 7.05 Å². The van der Waals surface area contributed by atoms with Crippen molar-refractivity contribution in [2.45, 2.75) is 57.7 Å². The van der Waals surface area contributed by atoms with Crippen LogP contribution in [0, 0.1) is 0 Å². The molecule has 3 rings (SSSR count). The molecular weight excluding hydrogens is 234 g/mol. The molecule has 1 aromatic rings.